The van der Waals surface area contributed by atoms with Gasteiger partial charge >= 0.3 is 0 Å². The highest BCUT2D eigenvalue weighted by Crippen LogP contribution is 2.42. The first-order valence-electron chi connectivity index (χ1n) is 8.07. The first-order chi connectivity index (χ1) is 11.3. The average molecular weight is 309 g/mol. The number of para-hydroxylation sites is 2. The fourth-order valence-corrected chi connectivity index (χ4v) is 3.29. The number of carbonyl (C=O) groups is 1. The van der Waals surface area contributed by atoms with Crippen LogP contribution in [0.3, 0.4) is 0 Å². The number of ether oxygens (including phenoxy) is 2. The maximum Gasteiger partial charge on any atom is 0.224 e. The van der Waals surface area contributed by atoms with Gasteiger partial charge in [-0.2, -0.15) is 0 Å². The Morgan fingerprint density at radius 3 is 2.09 bits per heavy atom. The molecule has 1 saturated heterocycles. The molecule has 0 bridgehead atoms. The van der Waals surface area contributed by atoms with Crippen molar-refractivity contribution in [3.63, 3.8) is 0 Å². The molecular formula is C19H19NO3. The molecule has 4 heteroatoms. The predicted octanol–water partition coefficient (Wildman–Crippen LogP) is 3.42. The number of hydrogen-bond donors (Lipinski definition) is 1. The first-order valence-corrected chi connectivity index (χ1v) is 8.07. The molecule has 4 rings (SSSR count). The lowest BCUT2D eigenvalue weighted by atomic mass is 9.92. The summed E-state index contributed by atoms with van der Waals surface area (Å²) in [7, 11) is 0. The SMILES string of the molecule is O=C(NC1c2ccccc2Oc2ccccc21)C1CCOCC1. The Kier molecular flexibility index (Phi) is 3.75. The van der Waals surface area contributed by atoms with E-state index in [-0.39, 0.29) is 17.9 Å². The van der Waals surface area contributed by atoms with E-state index in [4.69, 9.17) is 9.47 Å². The van der Waals surface area contributed by atoms with E-state index in [1.165, 1.54) is 0 Å². The summed E-state index contributed by atoms with van der Waals surface area (Å²) in [6.45, 7) is 1.33. The van der Waals surface area contributed by atoms with Crippen molar-refractivity contribution in [2.75, 3.05) is 13.2 Å². The molecular weight excluding hydrogens is 290 g/mol. The molecule has 1 amide bonds. The van der Waals surface area contributed by atoms with Crippen molar-refractivity contribution in [1.29, 1.82) is 0 Å². The van der Waals surface area contributed by atoms with Gasteiger partial charge in [-0.25, -0.2) is 0 Å². The molecule has 2 aliphatic heterocycles. The fraction of sp³-hybridized carbons (Fsp3) is 0.316. The van der Waals surface area contributed by atoms with Crippen molar-refractivity contribution in [3.05, 3.63) is 59.7 Å². The number of carbonyl (C=O) groups excluding carboxylic acids is 1. The molecule has 0 radical (unpaired) electrons. The number of hydrogen-bond acceptors (Lipinski definition) is 3. The highest BCUT2D eigenvalue weighted by molar-refractivity contribution is 5.80. The van der Waals surface area contributed by atoms with Crippen molar-refractivity contribution in [2.45, 2.75) is 18.9 Å². The van der Waals surface area contributed by atoms with Gasteiger partial charge in [0.25, 0.3) is 0 Å². The fourth-order valence-electron chi connectivity index (χ4n) is 3.29. The summed E-state index contributed by atoms with van der Waals surface area (Å²) in [5, 5.41) is 3.23. The lowest BCUT2D eigenvalue weighted by Crippen LogP contribution is -2.38. The molecule has 23 heavy (non-hydrogen) atoms. The largest absolute Gasteiger partial charge is 0.457 e. The van der Waals surface area contributed by atoms with Crippen LogP contribution in [0.15, 0.2) is 48.5 Å². The van der Waals surface area contributed by atoms with Crippen molar-refractivity contribution < 1.29 is 14.3 Å². The second kappa shape index (κ2) is 6.05. The third-order valence-electron chi connectivity index (χ3n) is 4.56. The minimum Gasteiger partial charge on any atom is -0.457 e. The van der Waals surface area contributed by atoms with E-state index in [1.54, 1.807) is 0 Å². The molecule has 1 fully saturated rings. The minimum absolute atomic E-state index is 0.0333. The predicted molar refractivity (Wildman–Crippen MR) is 86.5 cm³/mol. The highest BCUT2D eigenvalue weighted by Gasteiger charge is 2.30. The molecule has 2 heterocycles. The van der Waals surface area contributed by atoms with Gasteiger partial charge in [-0.3, -0.25) is 4.79 Å². The Balaban J connectivity index is 1.66. The lowest BCUT2D eigenvalue weighted by molar-refractivity contribution is -0.128. The Morgan fingerprint density at radius 1 is 0.913 bits per heavy atom. The molecule has 1 N–H and O–H groups in total. The van der Waals surface area contributed by atoms with Gasteiger partial charge in [-0.15, -0.1) is 0 Å². The Bertz CT molecular complexity index is 677. The second-order valence-corrected chi connectivity index (χ2v) is 6.01. The molecule has 0 unspecified atom stereocenters. The zero-order valence-corrected chi connectivity index (χ0v) is 12.8. The summed E-state index contributed by atoms with van der Waals surface area (Å²) in [5.41, 5.74) is 2.01. The van der Waals surface area contributed by atoms with E-state index in [1.807, 2.05) is 48.5 Å². The smallest absolute Gasteiger partial charge is 0.224 e. The van der Waals surface area contributed by atoms with Gasteiger partial charge < -0.3 is 14.8 Å². The summed E-state index contributed by atoms with van der Waals surface area (Å²) in [5.74, 6) is 1.75. The van der Waals surface area contributed by atoms with E-state index >= 15 is 0 Å². The summed E-state index contributed by atoms with van der Waals surface area (Å²) < 4.78 is 11.3. The number of amides is 1. The summed E-state index contributed by atoms with van der Waals surface area (Å²) >= 11 is 0. The van der Waals surface area contributed by atoms with Gasteiger partial charge in [-0.1, -0.05) is 36.4 Å². The van der Waals surface area contributed by atoms with Crippen LogP contribution in [0.25, 0.3) is 0 Å². The van der Waals surface area contributed by atoms with Crippen LogP contribution >= 0.6 is 0 Å². The molecule has 0 aliphatic carbocycles. The van der Waals surface area contributed by atoms with Gasteiger partial charge in [0.05, 0.1) is 6.04 Å². The molecule has 0 aromatic heterocycles. The van der Waals surface area contributed by atoms with Crippen molar-refractivity contribution in [3.8, 4) is 11.5 Å². The van der Waals surface area contributed by atoms with E-state index in [9.17, 15) is 4.79 Å². The van der Waals surface area contributed by atoms with Gasteiger partial charge in [0.2, 0.25) is 5.91 Å². The Morgan fingerprint density at radius 2 is 1.48 bits per heavy atom. The van der Waals surface area contributed by atoms with Crippen molar-refractivity contribution in [2.24, 2.45) is 5.92 Å². The lowest BCUT2D eigenvalue weighted by Gasteiger charge is -2.30. The maximum atomic E-state index is 12.7. The molecule has 0 atom stereocenters. The van der Waals surface area contributed by atoms with Gasteiger partial charge in [-0.05, 0) is 25.0 Å². The van der Waals surface area contributed by atoms with Gasteiger partial charge in [0.1, 0.15) is 11.5 Å². The third kappa shape index (κ3) is 2.70. The number of fused-ring (bicyclic) bond motifs is 2. The van der Waals surface area contributed by atoms with Crippen LogP contribution in [0.1, 0.15) is 30.0 Å². The molecule has 118 valence electrons. The summed E-state index contributed by atoms with van der Waals surface area (Å²) in [6.07, 6.45) is 1.58. The van der Waals surface area contributed by atoms with Crippen LogP contribution in [-0.2, 0) is 9.53 Å². The number of nitrogens with one attached hydrogen (secondary N) is 1. The molecule has 0 saturated carbocycles. The second-order valence-electron chi connectivity index (χ2n) is 6.01. The maximum absolute atomic E-state index is 12.7. The third-order valence-corrected chi connectivity index (χ3v) is 4.56. The Labute approximate surface area is 135 Å². The zero-order chi connectivity index (χ0) is 15.6. The van der Waals surface area contributed by atoms with Crippen LogP contribution < -0.4 is 10.1 Å². The van der Waals surface area contributed by atoms with Gasteiger partial charge in [0.15, 0.2) is 0 Å². The van der Waals surface area contributed by atoms with E-state index in [0.29, 0.717) is 13.2 Å². The van der Waals surface area contributed by atoms with Crippen LogP contribution in [0.5, 0.6) is 11.5 Å². The van der Waals surface area contributed by atoms with E-state index in [0.717, 1.165) is 35.5 Å². The first kappa shape index (κ1) is 14.3. The number of rotatable bonds is 2. The van der Waals surface area contributed by atoms with Gasteiger partial charge in [0, 0.05) is 30.3 Å². The standard InChI is InChI=1S/C19H19NO3/c21-19(13-9-11-22-12-10-13)20-18-14-5-1-3-7-16(14)23-17-8-4-2-6-15(17)18/h1-8,13,18H,9-12H2,(H,20,21). The quantitative estimate of drug-likeness (QED) is 0.924. The van der Waals surface area contributed by atoms with Crippen LogP contribution in [0, 0.1) is 5.92 Å². The van der Waals surface area contributed by atoms with Crippen LogP contribution in [0.4, 0.5) is 0 Å². The zero-order valence-electron chi connectivity index (χ0n) is 12.8. The monoisotopic (exact) mass is 309 g/mol. The topological polar surface area (TPSA) is 47.6 Å². The molecule has 4 nitrogen and oxygen atoms in total. The summed E-state index contributed by atoms with van der Waals surface area (Å²) in [4.78, 5) is 12.7. The van der Waals surface area contributed by atoms with Crippen molar-refractivity contribution in [1.82, 2.24) is 5.32 Å². The molecule has 2 aliphatic rings. The summed E-state index contributed by atoms with van der Waals surface area (Å²) in [6, 6.07) is 15.6. The van der Waals surface area contributed by atoms with Crippen LogP contribution in [-0.4, -0.2) is 19.1 Å². The average Bonchev–Trinajstić information content (AvgIpc) is 2.62. The molecule has 2 aromatic carbocycles. The van der Waals surface area contributed by atoms with Crippen molar-refractivity contribution >= 4 is 5.91 Å². The highest BCUT2D eigenvalue weighted by atomic mass is 16.5. The van der Waals surface area contributed by atoms with Crippen LogP contribution in [0.2, 0.25) is 0 Å². The Hall–Kier alpha value is -2.33. The number of benzene rings is 2. The van der Waals surface area contributed by atoms with E-state index < -0.39 is 0 Å². The normalized spacial score (nSPS) is 17.7. The molecule has 2 aromatic rings. The molecule has 0 spiro atoms. The minimum atomic E-state index is -0.161. The van der Waals surface area contributed by atoms with E-state index in [2.05, 4.69) is 5.32 Å².